The van der Waals surface area contributed by atoms with Crippen LogP contribution in [0.25, 0.3) is 0 Å². The number of aryl methyl sites for hydroxylation is 1. The maximum Gasteiger partial charge on any atom is 0.326 e. The van der Waals surface area contributed by atoms with Crippen molar-refractivity contribution in [1.29, 1.82) is 0 Å². The number of hydrogen-bond donors (Lipinski definition) is 2. The van der Waals surface area contributed by atoms with Crippen LogP contribution in [0, 0.1) is 5.92 Å². The van der Waals surface area contributed by atoms with Crippen molar-refractivity contribution in [2.45, 2.75) is 39.2 Å². The molecule has 0 radical (unpaired) electrons. The van der Waals surface area contributed by atoms with E-state index in [1.165, 1.54) is 7.11 Å². The molecule has 1 aromatic rings. The summed E-state index contributed by atoms with van der Waals surface area (Å²) in [6.07, 6.45) is 1.39. The third-order valence-corrected chi connectivity index (χ3v) is 3.95. The standard InChI is InChI=1S/C16H22ClNO4/c1-4-10(2)15(16(20)21)18-14(19)8-6-11-5-7-13(22-3)12(17)9-11/h5,7,9-10,15H,4,6,8H2,1-3H3,(H,18,19)(H,20,21). The van der Waals surface area contributed by atoms with Crippen LogP contribution in [0.2, 0.25) is 5.02 Å². The summed E-state index contributed by atoms with van der Waals surface area (Å²) in [5.74, 6) is -0.815. The Kier molecular flexibility index (Phi) is 7.18. The maximum absolute atomic E-state index is 11.9. The third-order valence-electron chi connectivity index (χ3n) is 3.65. The van der Waals surface area contributed by atoms with Crippen LogP contribution in [0.4, 0.5) is 0 Å². The molecule has 22 heavy (non-hydrogen) atoms. The summed E-state index contributed by atoms with van der Waals surface area (Å²) in [6, 6.07) is 4.48. The topological polar surface area (TPSA) is 75.6 Å². The highest BCUT2D eigenvalue weighted by molar-refractivity contribution is 6.32. The summed E-state index contributed by atoms with van der Waals surface area (Å²) < 4.78 is 5.07. The highest BCUT2D eigenvalue weighted by Gasteiger charge is 2.24. The van der Waals surface area contributed by atoms with Crippen molar-refractivity contribution >= 4 is 23.5 Å². The van der Waals surface area contributed by atoms with Crippen LogP contribution < -0.4 is 10.1 Å². The molecule has 2 N–H and O–H groups in total. The second kappa shape index (κ2) is 8.63. The Bertz CT molecular complexity index is 533. The van der Waals surface area contributed by atoms with E-state index in [-0.39, 0.29) is 18.2 Å². The van der Waals surface area contributed by atoms with E-state index in [4.69, 9.17) is 21.4 Å². The van der Waals surface area contributed by atoms with E-state index in [1.807, 2.05) is 19.9 Å². The van der Waals surface area contributed by atoms with E-state index in [0.717, 1.165) is 5.56 Å². The fraction of sp³-hybridized carbons (Fsp3) is 0.500. The SMILES string of the molecule is CCC(C)C(NC(=O)CCc1ccc(OC)c(Cl)c1)C(=O)O. The summed E-state index contributed by atoms with van der Waals surface area (Å²) in [4.78, 5) is 23.1. The van der Waals surface area contributed by atoms with Crippen LogP contribution in [0.3, 0.4) is 0 Å². The largest absolute Gasteiger partial charge is 0.495 e. The Labute approximate surface area is 135 Å². The minimum absolute atomic E-state index is 0.114. The normalized spacial score (nSPS) is 13.3. The van der Waals surface area contributed by atoms with Crippen molar-refractivity contribution in [2.75, 3.05) is 7.11 Å². The Morgan fingerprint density at radius 1 is 1.41 bits per heavy atom. The first-order valence-electron chi connectivity index (χ1n) is 7.23. The number of carboxylic acid groups (broad SMARTS) is 1. The summed E-state index contributed by atoms with van der Waals surface area (Å²) in [7, 11) is 1.54. The van der Waals surface area contributed by atoms with Crippen LogP contribution >= 0.6 is 11.6 Å². The average molecular weight is 328 g/mol. The van der Waals surface area contributed by atoms with Crippen molar-refractivity contribution in [1.82, 2.24) is 5.32 Å². The van der Waals surface area contributed by atoms with Crippen molar-refractivity contribution < 1.29 is 19.4 Å². The molecule has 2 unspecified atom stereocenters. The second-order valence-electron chi connectivity index (χ2n) is 5.24. The molecular formula is C16H22ClNO4. The summed E-state index contributed by atoms with van der Waals surface area (Å²) in [5.41, 5.74) is 0.899. The summed E-state index contributed by atoms with van der Waals surface area (Å²) >= 11 is 6.03. The molecule has 0 heterocycles. The van der Waals surface area contributed by atoms with E-state index >= 15 is 0 Å². The molecule has 2 atom stereocenters. The van der Waals surface area contributed by atoms with Gasteiger partial charge >= 0.3 is 5.97 Å². The average Bonchev–Trinajstić information content (AvgIpc) is 2.49. The Balaban J connectivity index is 2.58. The lowest BCUT2D eigenvalue weighted by Crippen LogP contribution is -2.45. The molecular weight excluding hydrogens is 306 g/mol. The van der Waals surface area contributed by atoms with Gasteiger partial charge in [0.15, 0.2) is 0 Å². The quantitative estimate of drug-likeness (QED) is 0.769. The molecule has 0 aliphatic rings. The van der Waals surface area contributed by atoms with Gasteiger partial charge in [0.25, 0.3) is 0 Å². The monoisotopic (exact) mass is 327 g/mol. The van der Waals surface area contributed by atoms with Gasteiger partial charge in [-0.05, 0) is 30.0 Å². The Morgan fingerprint density at radius 2 is 2.09 bits per heavy atom. The van der Waals surface area contributed by atoms with Crippen molar-refractivity contribution in [2.24, 2.45) is 5.92 Å². The van der Waals surface area contributed by atoms with Crippen LogP contribution in [-0.2, 0) is 16.0 Å². The fourth-order valence-electron chi connectivity index (χ4n) is 2.05. The van der Waals surface area contributed by atoms with Gasteiger partial charge in [-0.25, -0.2) is 4.79 Å². The van der Waals surface area contributed by atoms with Crippen LogP contribution in [0.1, 0.15) is 32.3 Å². The van der Waals surface area contributed by atoms with E-state index in [9.17, 15) is 9.59 Å². The zero-order valence-corrected chi connectivity index (χ0v) is 13.8. The Hall–Kier alpha value is -1.75. The van der Waals surface area contributed by atoms with E-state index in [2.05, 4.69) is 5.32 Å². The highest BCUT2D eigenvalue weighted by atomic mass is 35.5. The zero-order chi connectivity index (χ0) is 16.7. The number of hydrogen-bond acceptors (Lipinski definition) is 3. The summed E-state index contributed by atoms with van der Waals surface area (Å²) in [6.45, 7) is 3.70. The van der Waals surface area contributed by atoms with Gasteiger partial charge < -0.3 is 15.2 Å². The number of benzene rings is 1. The van der Waals surface area contributed by atoms with Gasteiger partial charge in [0.1, 0.15) is 11.8 Å². The van der Waals surface area contributed by atoms with Crippen LogP contribution in [0.5, 0.6) is 5.75 Å². The maximum atomic E-state index is 11.9. The first kappa shape index (κ1) is 18.3. The number of ether oxygens (including phenoxy) is 1. The first-order valence-corrected chi connectivity index (χ1v) is 7.61. The van der Waals surface area contributed by atoms with Gasteiger partial charge in [0, 0.05) is 6.42 Å². The van der Waals surface area contributed by atoms with E-state index in [0.29, 0.717) is 23.6 Å². The second-order valence-corrected chi connectivity index (χ2v) is 5.65. The molecule has 1 amide bonds. The minimum atomic E-state index is -1.00. The lowest BCUT2D eigenvalue weighted by atomic mass is 9.99. The molecule has 1 rings (SSSR count). The van der Waals surface area contributed by atoms with Gasteiger partial charge in [-0.3, -0.25) is 4.79 Å². The number of methoxy groups -OCH3 is 1. The first-order chi connectivity index (χ1) is 10.4. The van der Waals surface area contributed by atoms with Crippen LogP contribution in [0.15, 0.2) is 18.2 Å². The van der Waals surface area contributed by atoms with Gasteiger partial charge in [0.2, 0.25) is 5.91 Å². The molecule has 5 nitrogen and oxygen atoms in total. The van der Waals surface area contributed by atoms with E-state index in [1.54, 1.807) is 12.1 Å². The van der Waals surface area contributed by atoms with E-state index < -0.39 is 12.0 Å². The number of rotatable bonds is 8. The third kappa shape index (κ3) is 5.22. The lowest BCUT2D eigenvalue weighted by Gasteiger charge is -2.20. The van der Waals surface area contributed by atoms with Crippen molar-refractivity contribution in [3.63, 3.8) is 0 Å². The van der Waals surface area contributed by atoms with Crippen molar-refractivity contribution in [3.05, 3.63) is 28.8 Å². The molecule has 0 fully saturated rings. The Morgan fingerprint density at radius 3 is 2.59 bits per heavy atom. The van der Waals surface area contributed by atoms with Gasteiger partial charge in [-0.15, -0.1) is 0 Å². The van der Waals surface area contributed by atoms with Gasteiger partial charge in [-0.1, -0.05) is 37.9 Å². The number of halogens is 1. The molecule has 1 aromatic carbocycles. The smallest absolute Gasteiger partial charge is 0.326 e. The summed E-state index contributed by atoms with van der Waals surface area (Å²) in [5, 5.41) is 12.2. The number of amides is 1. The molecule has 0 saturated heterocycles. The molecule has 122 valence electrons. The molecule has 0 spiro atoms. The van der Waals surface area contributed by atoms with Crippen molar-refractivity contribution in [3.8, 4) is 5.75 Å². The number of carbonyl (C=O) groups is 2. The fourth-order valence-corrected chi connectivity index (χ4v) is 2.33. The molecule has 0 aromatic heterocycles. The predicted molar refractivity (Wildman–Crippen MR) is 85.3 cm³/mol. The number of carboxylic acids is 1. The molecule has 0 aliphatic carbocycles. The number of carbonyl (C=O) groups excluding carboxylic acids is 1. The van der Waals surface area contributed by atoms with Gasteiger partial charge in [0.05, 0.1) is 12.1 Å². The number of nitrogens with one attached hydrogen (secondary N) is 1. The molecule has 6 heteroatoms. The minimum Gasteiger partial charge on any atom is -0.495 e. The molecule has 0 aliphatic heterocycles. The highest BCUT2D eigenvalue weighted by Crippen LogP contribution is 2.25. The molecule has 0 saturated carbocycles. The number of aliphatic carboxylic acids is 1. The lowest BCUT2D eigenvalue weighted by molar-refractivity contribution is -0.143. The molecule has 0 bridgehead atoms. The predicted octanol–water partition coefficient (Wildman–Crippen LogP) is 2.90. The van der Waals surface area contributed by atoms with Gasteiger partial charge in [-0.2, -0.15) is 0 Å². The zero-order valence-electron chi connectivity index (χ0n) is 13.1. The van der Waals surface area contributed by atoms with Crippen LogP contribution in [-0.4, -0.2) is 30.1 Å².